The van der Waals surface area contributed by atoms with Crippen molar-refractivity contribution < 1.29 is 9.53 Å². The number of nitrogens with zero attached hydrogens (tertiary/aromatic N) is 3. The number of ether oxygens (including phenoxy) is 1. The molecule has 4 heterocycles. The summed E-state index contributed by atoms with van der Waals surface area (Å²) in [5.74, 6) is 0.214. The predicted octanol–water partition coefficient (Wildman–Crippen LogP) is 2.64. The fourth-order valence-electron chi connectivity index (χ4n) is 3.63. The van der Waals surface area contributed by atoms with Crippen LogP contribution in [0.5, 0.6) is 0 Å². The second-order valence-corrected chi connectivity index (χ2v) is 7.18. The van der Waals surface area contributed by atoms with Gasteiger partial charge < -0.3 is 9.64 Å². The van der Waals surface area contributed by atoms with Crippen LogP contribution in [0, 0.1) is 0 Å². The molecule has 1 amide bonds. The lowest BCUT2D eigenvalue weighted by Gasteiger charge is -2.28. The van der Waals surface area contributed by atoms with Crippen LogP contribution >= 0.6 is 11.3 Å². The molecule has 1 fully saturated rings. The topological polar surface area (TPSA) is 47.4 Å². The molecule has 0 unspecified atom stereocenters. The van der Waals surface area contributed by atoms with Gasteiger partial charge in [-0.25, -0.2) is 0 Å². The second-order valence-electron chi connectivity index (χ2n) is 6.23. The van der Waals surface area contributed by atoms with E-state index in [1.807, 2.05) is 21.8 Å². The minimum Gasteiger partial charge on any atom is -0.372 e. The first-order valence-electron chi connectivity index (χ1n) is 8.26. The Hall–Kier alpha value is -1.66. The van der Waals surface area contributed by atoms with Crippen LogP contribution in [0.25, 0.3) is 0 Å². The maximum absolute atomic E-state index is 12.8. The number of hydrogen-bond donors (Lipinski definition) is 0. The fourth-order valence-corrected chi connectivity index (χ4v) is 4.63. The number of likely N-dealkylation sites (tertiary alicyclic amines) is 1. The third kappa shape index (κ3) is 3.05. The van der Waals surface area contributed by atoms with Gasteiger partial charge in [-0.2, -0.15) is 5.10 Å². The highest BCUT2D eigenvalue weighted by Gasteiger charge is 2.32. The monoisotopic (exact) mass is 331 g/mol. The number of aromatic nitrogens is 2. The molecule has 2 aromatic rings. The summed E-state index contributed by atoms with van der Waals surface area (Å²) in [6.45, 7) is 2.36. The van der Waals surface area contributed by atoms with Crippen LogP contribution in [0.1, 0.15) is 35.8 Å². The van der Waals surface area contributed by atoms with E-state index in [0.29, 0.717) is 6.42 Å². The van der Waals surface area contributed by atoms with Gasteiger partial charge in [0, 0.05) is 23.8 Å². The van der Waals surface area contributed by atoms with Crippen molar-refractivity contribution in [2.24, 2.45) is 0 Å². The molecule has 0 spiro atoms. The Labute approximate surface area is 139 Å². The van der Waals surface area contributed by atoms with Gasteiger partial charge in [-0.05, 0) is 42.3 Å². The number of fused-ring (bicyclic) bond motifs is 1. The van der Waals surface area contributed by atoms with Gasteiger partial charge in [0.05, 0.1) is 25.6 Å². The molecule has 5 nitrogen and oxygen atoms in total. The molecule has 2 atom stereocenters. The molecule has 0 bridgehead atoms. The van der Waals surface area contributed by atoms with Crippen LogP contribution < -0.4 is 0 Å². The van der Waals surface area contributed by atoms with E-state index in [2.05, 4.69) is 16.5 Å². The summed E-state index contributed by atoms with van der Waals surface area (Å²) in [7, 11) is 0. The third-order valence-corrected chi connectivity index (χ3v) is 5.83. The van der Waals surface area contributed by atoms with Gasteiger partial charge in [-0.1, -0.05) is 0 Å². The summed E-state index contributed by atoms with van der Waals surface area (Å²) in [6, 6.07) is 4.35. The number of thiophene rings is 1. The van der Waals surface area contributed by atoms with Crippen molar-refractivity contribution in [2.45, 2.75) is 44.4 Å². The first-order chi connectivity index (χ1) is 11.3. The Morgan fingerprint density at radius 3 is 3.30 bits per heavy atom. The van der Waals surface area contributed by atoms with Crippen molar-refractivity contribution in [3.63, 3.8) is 0 Å². The highest BCUT2D eigenvalue weighted by atomic mass is 32.1. The number of hydrogen-bond acceptors (Lipinski definition) is 4. The van der Waals surface area contributed by atoms with E-state index in [1.54, 1.807) is 17.5 Å². The fraction of sp³-hybridized carbons (Fsp3) is 0.529. The number of carbonyl (C=O) groups excluding carboxylic acids is 1. The molecule has 4 rings (SSSR count). The summed E-state index contributed by atoms with van der Waals surface area (Å²) >= 11 is 1.71. The summed E-state index contributed by atoms with van der Waals surface area (Å²) < 4.78 is 7.80. The molecule has 2 aromatic heterocycles. The molecular formula is C17H21N3O2S. The Balaban J connectivity index is 1.43. The highest BCUT2D eigenvalue weighted by Crippen LogP contribution is 2.35. The highest BCUT2D eigenvalue weighted by molar-refractivity contribution is 7.10. The summed E-state index contributed by atoms with van der Waals surface area (Å²) in [4.78, 5) is 16.1. The number of carbonyl (C=O) groups is 1. The Bertz CT molecular complexity index is 667. The largest absolute Gasteiger partial charge is 0.372 e. The standard InChI is InChI=1S/C17H21N3O2S/c21-16(11-15-17-13(4-9-22-15)5-10-23-17)20-8-1-3-14(20)12-19-7-2-6-18-19/h2,5-7,10,14-15H,1,3-4,8-9,11-12H2/t14-,15+/m0/s1. The van der Waals surface area contributed by atoms with E-state index in [0.717, 1.165) is 39.0 Å². The van der Waals surface area contributed by atoms with Crippen molar-refractivity contribution in [3.8, 4) is 0 Å². The molecule has 2 aliphatic heterocycles. The van der Waals surface area contributed by atoms with Crippen molar-refractivity contribution in [1.29, 1.82) is 0 Å². The Kier molecular flexibility index (Phi) is 4.18. The maximum Gasteiger partial charge on any atom is 0.225 e. The molecule has 0 N–H and O–H groups in total. The average Bonchev–Trinajstić information content (AvgIpc) is 3.29. The van der Waals surface area contributed by atoms with Gasteiger partial charge in [0.2, 0.25) is 5.91 Å². The molecule has 0 aliphatic carbocycles. The van der Waals surface area contributed by atoms with Gasteiger partial charge in [0.15, 0.2) is 0 Å². The zero-order chi connectivity index (χ0) is 15.6. The van der Waals surface area contributed by atoms with Gasteiger partial charge >= 0.3 is 0 Å². The van der Waals surface area contributed by atoms with E-state index in [9.17, 15) is 4.79 Å². The van der Waals surface area contributed by atoms with Gasteiger partial charge in [0.25, 0.3) is 0 Å². The van der Waals surface area contributed by atoms with Crippen molar-refractivity contribution in [2.75, 3.05) is 13.2 Å². The molecular weight excluding hydrogens is 310 g/mol. The molecule has 0 radical (unpaired) electrons. The first-order valence-corrected chi connectivity index (χ1v) is 9.14. The minimum atomic E-state index is -0.0581. The zero-order valence-corrected chi connectivity index (χ0v) is 13.9. The van der Waals surface area contributed by atoms with E-state index in [-0.39, 0.29) is 18.1 Å². The number of amides is 1. The molecule has 122 valence electrons. The third-order valence-electron chi connectivity index (χ3n) is 4.78. The van der Waals surface area contributed by atoms with Gasteiger partial charge in [-0.15, -0.1) is 11.3 Å². The van der Waals surface area contributed by atoms with Crippen LogP contribution in [-0.2, 0) is 22.5 Å². The van der Waals surface area contributed by atoms with E-state index < -0.39 is 0 Å². The van der Waals surface area contributed by atoms with E-state index in [4.69, 9.17) is 4.74 Å². The van der Waals surface area contributed by atoms with Crippen molar-refractivity contribution in [1.82, 2.24) is 14.7 Å². The van der Waals surface area contributed by atoms with E-state index in [1.165, 1.54) is 10.4 Å². The summed E-state index contributed by atoms with van der Waals surface area (Å²) in [5, 5.41) is 6.37. The average molecular weight is 331 g/mol. The van der Waals surface area contributed by atoms with Crippen LogP contribution in [0.3, 0.4) is 0 Å². The zero-order valence-electron chi connectivity index (χ0n) is 13.1. The van der Waals surface area contributed by atoms with Crippen molar-refractivity contribution in [3.05, 3.63) is 40.3 Å². The lowest BCUT2D eigenvalue weighted by atomic mass is 10.0. The lowest BCUT2D eigenvalue weighted by Crippen LogP contribution is -2.39. The van der Waals surface area contributed by atoms with Gasteiger partial charge in [-0.3, -0.25) is 9.48 Å². The molecule has 6 heteroatoms. The Morgan fingerprint density at radius 2 is 2.43 bits per heavy atom. The van der Waals surface area contributed by atoms with Crippen LogP contribution in [0.4, 0.5) is 0 Å². The van der Waals surface area contributed by atoms with Crippen molar-refractivity contribution >= 4 is 17.2 Å². The molecule has 23 heavy (non-hydrogen) atoms. The summed E-state index contributed by atoms with van der Waals surface area (Å²) in [6.07, 6.45) is 7.25. The van der Waals surface area contributed by atoms with Crippen LogP contribution in [0.2, 0.25) is 0 Å². The quantitative estimate of drug-likeness (QED) is 0.865. The van der Waals surface area contributed by atoms with E-state index >= 15 is 0 Å². The normalized spacial score (nSPS) is 23.9. The van der Waals surface area contributed by atoms with Gasteiger partial charge in [0.1, 0.15) is 6.10 Å². The molecule has 0 aromatic carbocycles. The van der Waals surface area contributed by atoms with Crippen LogP contribution in [0.15, 0.2) is 29.9 Å². The molecule has 1 saturated heterocycles. The second kappa shape index (κ2) is 6.45. The molecule has 2 aliphatic rings. The lowest BCUT2D eigenvalue weighted by molar-refractivity contribution is -0.135. The Morgan fingerprint density at radius 1 is 1.48 bits per heavy atom. The number of rotatable bonds is 4. The smallest absolute Gasteiger partial charge is 0.225 e. The predicted molar refractivity (Wildman–Crippen MR) is 88.3 cm³/mol. The van der Waals surface area contributed by atoms with Crippen LogP contribution in [-0.4, -0.2) is 39.8 Å². The molecule has 0 saturated carbocycles. The first kappa shape index (κ1) is 14.9. The minimum absolute atomic E-state index is 0.0581. The maximum atomic E-state index is 12.8. The summed E-state index contributed by atoms with van der Waals surface area (Å²) in [5.41, 5.74) is 1.36. The SMILES string of the molecule is O=C(C[C@H]1OCCc2ccsc21)N1CCC[C@H]1Cn1cccn1.